The second kappa shape index (κ2) is 12.9. The zero-order valence-electron chi connectivity index (χ0n) is 22.1. The van der Waals surface area contributed by atoms with Crippen LogP contribution in [0.3, 0.4) is 0 Å². The van der Waals surface area contributed by atoms with Gasteiger partial charge in [0.05, 0.1) is 23.8 Å². The Kier molecular flexibility index (Phi) is 9.33. The molecule has 0 atom stereocenters. The molecule has 13 heteroatoms. The molecule has 1 aromatic heterocycles. The molecule has 4 rings (SSSR count). The first kappa shape index (κ1) is 29.0. The second-order valence-electron chi connectivity index (χ2n) is 9.20. The molecular weight excluding hydrogens is 544 g/mol. The lowest BCUT2D eigenvalue weighted by atomic mass is 10.1. The molecule has 2 N–H and O–H groups in total. The number of rotatable bonds is 9. The van der Waals surface area contributed by atoms with E-state index in [4.69, 9.17) is 21.4 Å². The van der Waals surface area contributed by atoms with Gasteiger partial charge in [-0.3, -0.25) is 19.2 Å². The van der Waals surface area contributed by atoms with Gasteiger partial charge in [0.1, 0.15) is 17.3 Å². The van der Waals surface area contributed by atoms with Crippen molar-refractivity contribution in [2.24, 2.45) is 4.99 Å². The van der Waals surface area contributed by atoms with Gasteiger partial charge in [-0.1, -0.05) is 24.3 Å². The molecule has 0 radical (unpaired) electrons. The molecule has 40 heavy (non-hydrogen) atoms. The number of carbonyl (C=O) groups excluding carboxylic acids is 2. The maximum Gasteiger partial charge on any atom is 0.387 e. The number of allylic oxidation sites excluding steroid dienone is 1. The standard InChI is InChI=1S/C27H30ClF2N7O3/c1-4-19(25-32-10-5-11-35(25)3)26(39)33-21-15-37(18-8-12-36(13-9-18)16-23(38)31-2)34-24(21)20-14-17(28)6-7-22(20)40-27(29)30/h4-7,10-11,14-15,18,27H,1,8-9,12-13,16H2,2-3H3,(H,31,38)(H,33,39)/b25-19+. The van der Waals surface area contributed by atoms with E-state index in [2.05, 4.69) is 22.2 Å². The number of carbonyl (C=O) groups is 2. The fourth-order valence-corrected chi connectivity index (χ4v) is 4.73. The predicted molar refractivity (Wildman–Crippen MR) is 149 cm³/mol. The van der Waals surface area contributed by atoms with E-state index in [0.29, 0.717) is 38.3 Å². The summed E-state index contributed by atoms with van der Waals surface area (Å²) in [7, 11) is 3.35. The molecule has 0 bridgehead atoms. The van der Waals surface area contributed by atoms with Gasteiger partial charge in [0.2, 0.25) is 5.91 Å². The summed E-state index contributed by atoms with van der Waals surface area (Å²) in [6, 6.07) is 4.18. The quantitative estimate of drug-likeness (QED) is 0.439. The van der Waals surface area contributed by atoms with Crippen molar-refractivity contribution < 1.29 is 23.1 Å². The molecule has 10 nitrogen and oxygen atoms in total. The Balaban J connectivity index is 1.70. The number of benzene rings is 1. The maximum absolute atomic E-state index is 13.4. The van der Waals surface area contributed by atoms with Gasteiger partial charge in [0, 0.05) is 56.4 Å². The Bertz CT molecular complexity index is 1360. The summed E-state index contributed by atoms with van der Waals surface area (Å²) in [5, 5.41) is 10.5. The average Bonchev–Trinajstić information content (AvgIpc) is 3.34. The minimum Gasteiger partial charge on any atom is -0.434 e. The average molecular weight is 574 g/mol. The van der Waals surface area contributed by atoms with Gasteiger partial charge < -0.3 is 20.3 Å². The molecule has 0 saturated carbocycles. The third-order valence-corrected chi connectivity index (χ3v) is 6.82. The van der Waals surface area contributed by atoms with E-state index in [-0.39, 0.29) is 45.2 Å². The number of aromatic nitrogens is 2. The van der Waals surface area contributed by atoms with Crippen molar-refractivity contribution >= 4 is 35.3 Å². The molecule has 0 unspecified atom stereocenters. The molecule has 2 aliphatic heterocycles. The summed E-state index contributed by atoms with van der Waals surface area (Å²) in [4.78, 5) is 33.2. The number of likely N-dealkylation sites (N-methyl/N-ethyl adjacent to an activating group) is 1. The van der Waals surface area contributed by atoms with Gasteiger partial charge in [-0.05, 0) is 37.1 Å². The first-order chi connectivity index (χ1) is 19.2. The molecule has 1 saturated heterocycles. The lowest BCUT2D eigenvalue weighted by Crippen LogP contribution is -2.41. The molecular formula is C27H30ClF2N7O3. The highest BCUT2D eigenvalue weighted by atomic mass is 35.5. The summed E-state index contributed by atoms with van der Waals surface area (Å²) in [5.74, 6) is -0.321. The predicted octanol–water partition coefficient (Wildman–Crippen LogP) is 4.05. The SMILES string of the molecule is C=C/C(C(=O)Nc1cn(C2CCN(CC(=O)NC)CC2)nc1-c1cc(Cl)ccc1OC(F)F)=C1/N=CC=CN1C. The summed E-state index contributed by atoms with van der Waals surface area (Å²) < 4.78 is 33.0. The van der Waals surface area contributed by atoms with Crippen LogP contribution >= 0.6 is 11.6 Å². The summed E-state index contributed by atoms with van der Waals surface area (Å²) in [6.07, 6.45) is 9.48. The van der Waals surface area contributed by atoms with Gasteiger partial charge in [-0.2, -0.15) is 13.9 Å². The molecule has 212 valence electrons. The lowest BCUT2D eigenvalue weighted by molar-refractivity contribution is -0.122. The van der Waals surface area contributed by atoms with E-state index in [1.54, 1.807) is 48.4 Å². The number of nitrogens with zero attached hydrogens (tertiary/aromatic N) is 5. The molecule has 1 aromatic carbocycles. The van der Waals surface area contributed by atoms with Crippen molar-refractivity contribution in [2.45, 2.75) is 25.5 Å². The number of nitrogens with one attached hydrogen (secondary N) is 2. The number of aliphatic imine (C=N–C) groups is 1. The zero-order chi connectivity index (χ0) is 28.8. The number of likely N-dealkylation sites (tertiary alicyclic amines) is 1. The van der Waals surface area contributed by atoms with Crippen LogP contribution in [0.2, 0.25) is 5.02 Å². The zero-order valence-corrected chi connectivity index (χ0v) is 22.9. The molecule has 2 aliphatic rings. The normalized spacial score (nSPS) is 17.2. The van der Waals surface area contributed by atoms with Crippen LogP contribution in [0, 0.1) is 0 Å². The van der Waals surface area contributed by atoms with Crippen LogP contribution in [0.15, 0.2) is 65.7 Å². The van der Waals surface area contributed by atoms with Gasteiger partial charge >= 0.3 is 6.61 Å². The van der Waals surface area contributed by atoms with Crippen LogP contribution < -0.4 is 15.4 Å². The summed E-state index contributed by atoms with van der Waals surface area (Å²) >= 11 is 6.23. The molecule has 2 amide bonds. The van der Waals surface area contributed by atoms with Gasteiger partial charge in [-0.15, -0.1) is 0 Å². The molecule has 3 heterocycles. The van der Waals surface area contributed by atoms with Crippen LogP contribution in [0.25, 0.3) is 11.3 Å². The summed E-state index contributed by atoms with van der Waals surface area (Å²) in [5.41, 5.74) is 0.895. The monoisotopic (exact) mass is 573 g/mol. The van der Waals surface area contributed by atoms with Crippen molar-refractivity contribution in [3.63, 3.8) is 0 Å². The van der Waals surface area contributed by atoms with Crippen molar-refractivity contribution in [3.8, 4) is 17.0 Å². The Hall–Kier alpha value is -4.03. The van der Waals surface area contributed by atoms with Gasteiger partial charge in [-0.25, -0.2) is 4.99 Å². The van der Waals surface area contributed by atoms with E-state index >= 15 is 0 Å². The first-order valence-corrected chi connectivity index (χ1v) is 13.0. The van der Waals surface area contributed by atoms with Crippen molar-refractivity contribution in [2.75, 3.05) is 39.0 Å². The van der Waals surface area contributed by atoms with E-state index < -0.39 is 12.5 Å². The minimum atomic E-state index is -3.07. The maximum atomic E-state index is 13.4. The molecule has 2 aromatic rings. The van der Waals surface area contributed by atoms with Gasteiger partial charge in [0.25, 0.3) is 5.91 Å². The number of amides is 2. The highest BCUT2D eigenvalue weighted by Gasteiger charge is 2.27. The highest BCUT2D eigenvalue weighted by Crippen LogP contribution is 2.38. The van der Waals surface area contributed by atoms with Crippen molar-refractivity contribution in [1.29, 1.82) is 0 Å². The second-order valence-corrected chi connectivity index (χ2v) is 9.63. The van der Waals surface area contributed by atoms with Crippen LogP contribution in [-0.4, -0.2) is 78.0 Å². The topological polar surface area (TPSA) is 104 Å². The van der Waals surface area contributed by atoms with E-state index in [9.17, 15) is 18.4 Å². The number of alkyl halides is 2. The molecule has 1 fully saturated rings. The van der Waals surface area contributed by atoms with Crippen LogP contribution in [0.4, 0.5) is 14.5 Å². The number of hydrogen-bond acceptors (Lipinski definition) is 7. The Morgan fingerprint density at radius 2 is 2.05 bits per heavy atom. The van der Waals surface area contributed by atoms with Crippen molar-refractivity contribution in [1.82, 2.24) is 24.9 Å². The third kappa shape index (κ3) is 6.75. The Morgan fingerprint density at radius 1 is 1.30 bits per heavy atom. The highest BCUT2D eigenvalue weighted by molar-refractivity contribution is 6.31. The van der Waals surface area contributed by atoms with Crippen LogP contribution in [-0.2, 0) is 9.59 Å². The lowest BCUT2D eigenvalue weighted by Gasteiger charge is -2.31. The largest absolute Gasteiger partial charge is 0.434 e. The van der Waals surface area contributed by atoms with Crippen LogP contribution in [0.5, 0.6) is 5.75 Å². The first-order valence-electron chi connectivity index (χ1n) is 12.6. The van der Waals surface area contributed by atoms with Gasteiger partial charge in [0.15, 0.2) is 0 Å². The summed E-state index contributed by atoms with van der Waals surface area (Å²) in [6.45, 7) is 2.32. The minimum absolute atomic E-state index is 0.0552. The molecule has 0 aliphatic carbocycles. The number of piperidine rings is 1. The Morgan fingerprint density at radius 3 is 2.70 bits per heavy atom. The number of halogens is 3. The van der Waals surface area contributed by atoms with E-state index in [1.165, 1.54) is 24.3 Å². The number of ether oxygens (including phenoxy) is 1. The van der Waals surface area contributed by atoms with Crippen LogP contribution in [0.1, 0.15) is 18.9 Å². The van der Waals surface area contributed by atoms with E-state index in [0.717, 1.165) is 0 Å². The Labute approximate surface area is 235 Å². The molecule has 0 spiro atoms. The fourth-order valence-electron chi connectivity index (χ4n) is 4.56. The smallest absolute Gasteiger partial charge is 0.387 e. The van der Waals surface area contributed by atoms with Crippen molar-refractivity contribution in [3.05, 3.63) is 65.7 Å². The van der Waals surface area contributed by atoms with E-state index in [1.807, 2.05) is 4.90 Å². The number of hydrogen-bond donors (Lipinski definition) is 2. The third-order valence-electron chi connectivity index (χ3n) is 6.59. The number of anilines is 1. The fraction of sp³-hybridized carbons (Fsp3) is 0.333.